The van der Waals surface area contributed by atoms with Crippen LogP contribution in [0.1, 0.15) is 35.0 Å². The molecule has 0 spiro atoms. The Kier molecular flexibility index (Phi) is 4.11. The Hall–Kier alpha value is -1.67. The molecule has 0 aliphatic carbocycles. The van der Waals surface area contributed by atoms with Crippen LogP contribution in [-0.2, 0) is 6.42 Å². The highest BCUT2D eigenvalue weighted by atomic mass is 35.5. The lowest BCUT2D eigenvalue weighted by Gasteiger charge is -2.03. The van der Waals surface area contributed by atoms with E-state index >= 15 is 0 Å². The number of rotatable bonds is 4. The van der Waals surface area contributed by atoms with E-state index < -0.39 is 0 Å². The molecule has 0 fully saturated rings. The predicted octanol–water partition coefficient (Wildman–Crippen LogP) is 3.92. The number of carbonyl (C=O) groups is 1. The van der Waals surface area contributed by atoms with Crippen LogP contribution in [0.5, 0.6) is 0 Å². The molecule has 0 atom stereocenters. The van der Waals surface area contributed by atoms with Crippen molar-refractivity contribution in [1.82, 2.24) is 4.98 Å². The Balaban J connectivity index is 2.28. The third kappa shape index (κ3) is 2.96. The quantitative estimate of drug-likeness (QED) is 0.779. The monoisotopic (exact) mass is 259 g/mol. The third-order valence-corrected chi connectivity index (χ3v) is 2.91. The van der Waals surface area contributed by atoms with Gasteiger partial charge < -0.3 is 0 Å². The number of pyridine rings is 1. The van der Waals surface area contributed by atoms with Gasteiger partial charge in [-0.15, -0.1) is 0 Å². The molecule has 0 saturated carbocycles. The molecule has 2 rings (SSSR count). The van der Waals surface area contributed by atoms with Crippen molar-refractivity contribution in [2.75, 3.05) is 0 Å². The molecule has 0 N–H and O–H groups in total. The summed E-state index contributed by atoms with van der Waals surface area (Å²) in [6.07, 6.45) is 3.54. The van der Waals surface area contributed by atoms with E-state index in [0.717, 1.165) is 12.8 Å². The number of aromatic nitrogens is 1. The smallest absolute Gasteiger partial charge is 0.211 e. The number of carbonyl (C=O) groups excluding carboxylic acids is 1. The summed E-state index contributed by atoms with van der Waals surface area (Å²) in [6.45, 7) is 2.12. The SMILES string of the molecule is CCCc1cccc(C(=O)c2ccc(Cl)cn2)c1. The number of hydrogen-bond acceptors (Lipinski definition) is 2. The van der Waals surface area contributed by atoms with Gasteiger partial charge in [0.2, 0.25) is 5.78 Å². The maximum Gasteiger partial charge on any atom is 0.211 e. The standard InChI is InChI=1S/C15H14ClNO/c1-2-4-11-5-3-6-12(9-11)15(18)14-8-7-13(16)10-17-14/h3,5-10H,2,4H2,1H3. The van der Waals surface area contributed by atoms with E-state index in [4.69, 9.17) is 11.6 Å². The molecular formula is C15H14ClNO. The second-order valence-corrected chi connectivity index (χ2v) is 4.58. The third-order valence-electron chi connectivity index (χ3n) is 2.69. The number of halogens is 1. The molecule has 18 heavy (non-hydrogen) atoms. The summed E-state index contributed by atoms with van der Waals surface area (Å²) >= 11 is 5.76. The highest BCUT2D eigenvalue weighted by Gasteiger charge is 2.10. The molecule has 2 aromatic rings. The topological polar surface area (TPSA) is 30.0 Å². The van der Waals surface area contributed by atoms with Crippen LogP contribution in [0.15, 0.2) is 42.6 Å². The lowest BCUT2D eigenvalue weighted by molar-refractivity contribution is 0.103. The fourth-order valence-electron chi connectivity index (χ4n) is 1.81. The summed E-state index contributed by atoms with van der Waals surface area (Å²) in [5.41, 5.74) is 2.28. The number of ketones is 1. The first kappa shape index (κ1) is 12.8. The highest BCUT2D eigenvalue weighted by Crippen LogP contribution is 2.13. The number of nitrogens with zero attached hydrogens (tertiary/aromatic N) is 1. The van der Waals surface area contributed by atoms with Crippen LogP contribution in [0.3, 0.4) is 0 Å². The lowest BCUT2D eigenvalue weighted by atomic mass is 10.0. The molecule has 0 bridgehead atoms. The minimum Gasteiger partial charge on any atom is -0.287 e. The van der Waals surface area contributed by atoms with Crippen molar-refractivity contribution in [3.63, 3.8) is 0 Å². The van der Waals surface area contributed by atoms with Crippen LogP contribution in [0.2, 0.25) is 5.02 Å². The van der Waals surface area contributed by atoms with Crippen molar-refractivity contribution >= 4 is 17.4 Å². The summed E-state index contributed by atoms with van der Waals surface area (Å²) in [4.78, 5) is 16.3. The van der Waals surface area contributed by atoms with E-state index in [-0.39, 0.29) is 5.78 Å². The molecule has 0 aliphatic heterocycles. The minimum atomic E-state index is -0.0652. The van der Waals surface area contributed by atoms with E-state index in [1.165, 1.54) is 11.8 Å². The molecule has 92 valence electrons. The summed E-state index contributed by atoms with van der Waals surface area (Å²) in [7, 11) is 0. The van der Waals surface area contributed by atoms with Crippen LogP contribution < -0.4 is 0 Å². The Labute approximate surface area is 112 Å². The zero-order valence-corrected chi connectivity index (χ0v) is 10.9. The van der Waals surface area contributed by atoms with Gasteiger partial charge in [0.15, 0.2) is 0 Å². The first-order valence-corrected chi connectivity index (χ1v) is 6.33. The van der Waals surface area contributed by atoms with Crippen molar-refractivity contribution in [3.8, 4) is 0 Å². The van der Waals surface area contributed by atoms with Crippen LogP contribution in [0, 0.1) is 0 Å². The van der Waals surface area contributed by atoms with Crippen molar-refractivity contribution in [2.24, 2.45) is 0 Å². The van der Waals surface area contributed by atoms with E-state index in [1.54, 1.807) is 12.1 Å². The van der Waals surface area contributed by atoms with Gasteiger partial charge in [0.05, 0.1) is 5.02 Å². The van der Waals surface area contributed by atoms with Crippen LogP contribution in [-0.4, -0.2) is 10.8 Å². The van der Waals surface area contributed by atoms with Gasteiger partial charge in [-0.3, -0.25) is 9.78 Å². The van der Waals surface area contributed by atoms with Crippen LogP contribution >= 0.6 is 11.6 Å². The first-order valence-electron chi connectivity index (χ1n) is 5.96. The highest BCUT2D eigenvalue weighted by molar-refractivity contribution is 6.30. The van der Waals surface area contributed by atoms with Gasteiger partial charge in [-0.05, 0) is 30.2 Å². The second-order valence-electron chi connectivity index (χ2n) is 4.14. The summed E-state index contributed by atoms with van der Waals surface area (Å²) in [5.74, 6) is -0.0652. The Morgan fingerprint density at radius 2 is 2.11 bits per heavy atom. The predicted molar refractivity (Wildman–Crippen MR) is 73.1 cm³/mol. The Morgan fingerprint density at radius 3 is 2.78 bits per heavy atom. The molecule has 0 unspecified atom stereocenters. The van der Waals surface area contributed by atoms with Crippen molar-refractivity contribution in [3.05, 3.63) is 64.4 Å². The molecule has 1 heterocycles. The van der Waals surface area contributed by atoms with E-state index in [1.807, 2.05) is 24.3 Å². The number of hydrogen-bond donors (Lipinski definition) is 0. The molecule has 0 aliphatic rings. The van der Waals surface area contributed by atoms with Gasteiger partial charge in [-0.2, -0.15) is 0 Å². The summed E-state index contributed by atoms with van der Waals surface area (Å²) in [6, 6.07) is 11.0. The van der Waals surface area contributed by atoms with Gasteiger partial charge >= 0.3 is 0 Å². The molecule has 0 radical (unpaired) electrons. The Bertz CT molecular complexity index is 549. The fraction of sp³-hybridized carbons (Fsp3) is 0.200. The molecule has 0 amide bonds. The van der Waals surface area contributed by atoms with E-state index in [9.17, 15) is 4.79 Å². The Morgan fingerprint density at radius 1 is 1.28 bits per heavy atom. The van der Waals surface area contributed by atoms with E-state index in [0.29, 0.717) is 16.3 Å². The zero-order valence-electron chi connectivity index (χ0n) is 10.2. The van der Waals surface area contributed by atoms with E-state index in [2.05, 4.69) is 11.9 Å². The maximum atomic E-state index is 12.2. The van der Waals surface area contributed by atoms with Gasteiger partial charge in [0.25, 0.3) is 0 Å². The van der Waals surface area contributed by atoms with Gasteiger partial charge in [0, 0.05) is 11.8 Å². The largest absolute Gasteiger partial charge is 0.287 e. The summed E-state index contributed by atoms with van der Waals surface area (Å²) < 4.78 is 0. The maximum absolute atomic E-state index is 12.2. The molecule has 0 saturated heterocycles. The molecule has 3 heteroatoms. The van der Waals surface area contributed by atoms with Gasteiger partial charge in [-0.1, -0.05) is 43.1 Å². The first-order chi connectivity index (χ1) is 8.70. The fourth-order valence-corrected chi connectivity index (χ4v) is 1.93. The zero-order chi connectivity index (χ0) is 13.0. The molecule has 2 nitrogen and oxygen atoms in total. The van der Waals surface area contributed by atoms with Crippen LogP contribution in [0.25, 0.3) is 0 Å². The van der Waals surface area contributed by atoms with Crippen molar-refractivity contribution < 1.29 is 4.79 Å². The van der Waals surface area contributed by atoms with Gasteiger partial charge in [-0.25, -0.2) is 0 Å². The van der Waals surface area contributed by atoms with Crippen LogP contribution in [0.4, 0.5) is 0 Å². The average molecular weight is 260 g/mol. The lowest BCUT2D eigenvalue weighted by Crippen LogP contribution is -2.04. The minimum absolute atomic E-state index is 0.0652. The number of aryl methyl sites for hydroxylation is 1. The normalized spacial score (nSPS) is 10.3. The molecule has 1 aromatic heterocycles. The number of benzene rings is 1. The van der Waals surface area contributed by atoms with Crippen molar-refractivity contribution in [1.29, 1.82) is 0 Å². The van der Waals surface area contributed by atoms with Gasteiger partial charge in [0.1, 0.15) is 5.69 Å². The molecule has 1 aromatic carbocycles. The average Bonchev–Trinajstić information content (AvgIpc) is 2.39. The van der Waals surface area contributed by atoms with Crippen molar-refractivity contribution in [2.45, 2.75) is 19.8 Å². The molecular weight excluding hydrogens is 246 g/mol. The summed E-state index contributed by atoms with van der Waals surface area (Å²) in [5, 5.41) is 0.534. The second kappa shape index (κ2) is 5.78.